The van der Waals surface area contributed by atoms with Crippen molar-refractivity contribution in [3.63, 3.8) is 0 Å². The average Bonchev–Trinajstić information content (AvgIpc) is 3.32. The van der Waals surface area contributed by atoms with Crippen LogP contribution < -0.4 is 5.32 Å². The number of hydrogen-bond donors (Lipinski definition) is 2. The van der Waals surface area contributed by atoms with Crippen molar-refractivity contribution in [2.45, 2.75) is 24.9 Å². The van der Waals surface area contributed by atoms with Gasteiger partial charge in [0.2, 0.25) is 0 Å². The van der Waals surface area contributed by atoms with Gasteiger partial charge in [0.25, 0.3) is 5.91 Å². The lowest BCUT2D eigenvalue weighted by Gasteiger charge is -2.15. The maximum atomic E-state index is 12.5. The Hall–Kier alpha value is -2.74. The van der Waals surface area contributed by atoms with E-state index in [1.807, 2.05) is 29.3 Å². The summed E-state index contributed by atoms with van der Waals surface area (Å²) < 4.78 is 3.80. The molecule has 0 unspecified atom stereocenters. The second-order valence-electron chi connectivity index (χ2n) is 7.06. The van der Waals surface area contributed by atoms with E-state index in [4.69, 9.17) is 0 Å². The number of carbonyl (C=O) groups excluding carboxylic acids is 1. The van der Waals surface area contributed by atoms with Crippen LogP contribution in [0.4, 0.5) is 0 Å². The van der Waals surface area contributed by atoms with Gasteiger partial charge in [-0.2, -0.15) is 0 Å². The monoisotopic (exact) mass is 354 g/mol. The fourth-order valence-corrected chi connectivity index (χ4v) is 3.80. The van der Waals surface area contributed by atoms with Gasteiger partial charge in [-0.1, -0.05) is 0 Å². The van der Waals surface area contributed by atoms with Crippen molar-refractivity contribution < 1.29 is 9.90 Å². The zero-order valence-electron chi connectivity index (χ0n) is 14.8. The molecule has 0 bridgehead atoms. The van der Waals surface area contributed by atoms with Gasteiger partial charge in [0.05, 0.1) is 23.5 Å². The van der Waals surface area contributed by atoms with Crippen LogP contribution in [-0.2, 0) is 14.1 Å². The van der Waals surface area contributed by atoms with Crippen molar-refractivity contribution in [3.8, 4) is 0 Å². The first kappa shape index (κ1) is 16.7. The molecule has 1 aromatic carbocycles. The number of aliphatic hydroxyl groups excluding tert-OH is 1. The van der Waals surface area contributed by atoms with Crippen LogP contribution in [0.2, 0.25) is 0 Å². The Morgan fingerprint density at radius 2 is 2.12 bits per heavy atom. The van der Waals surface area contributed by atoms with Gasteiger partial charge in [0.1, 0.15) is 12.2 Å². The molecular formula is C18H22N6O2. The Balaban J connectivity index is 1.40. The molecule has 2 aromatic heterocycles. The van der Waals surface area contributed by atoms with Gasteiger partial charge in [-0.25, -0.2) is 4.98 Å². The summed E-state index contributed by atoms with van der Waals surface area (Å²) in [7, 11) is 3.83. The van der Waals surface area contributed by atoms with Crippen molar-refractivity contribution in [3.05, 3.63) is 42.2 Å². The van der Waals surface area contributed by atoms with Gasteiger partial charge >= 0.3 is 0 Å². The van der Waals surface area contributed by atoms with E-state index in [-0.39, 0.29) is 17.7 Å². The molecule has 2 N–H and O–H groups in total. The van der Waals surface area contributed by atoms with Crippen LogP contribution in [0.3, 0.4) is 0 Å². The predicted octanol–water partition coefficient (Wildman–Crippen LogP) is 0.986. The van der Waals surface area contributed by atoms with Crippen LogP contribution in [0.1, 0.15) is 34.9 Å². The molecule has 0 radical (unpaired) electrons. The number of imidazole rings is 1. The molecule has 8 nitrogen and oxygen atoms in total. The molecule has 136 valence electrons. The molecule has 0 saturated heterocycles. The fraction of sp³-hybridized carbons (Fsp3) is 0.444. The first-order chi connectivity index (χ1) is 12.5. The number of amides is 1. The number of benzene rings is 1. The minimum atomic E-state index is -0.449. The first-order valence-electron chi connectivity index (χ1n) is 8.74. The molecular weight excluding hydrogens is 332 g/mol. The van der Waals surface area contributed by atoms with Crippen LogP contribution in [-0.4, -0.2) is 48.0 Å². The van der Waals surface area contributed by atoms with E-state index in [2.05, 4.69) is 20.5 Å². The number of nitrogens with one attached hydrogen (secondary N) is 1. The van der Waals surface area contributed by atoms with Crippen LogP contribution in [0.5, 0.6) is 0 Å². The van der Waals surface area contributed by atoms with E-state index >= 15 is 0 Å². The Morgan fingerprint density at radius 3 is 2.88 bits per heavy atom. The van der Waals surface area contributed by atoms with Gasteiger partial charge in [0.15, 0.2) is 0 Å². The summed E-state index contributed by atoms with van der Waals surface area (Å²) >= 11 is 0. The Bertz CT molecular complexity index is 946. The van der Waals surface area contributed by atoms with E-state index in [1.165, 1.54) is 0 Å². The van der Waals surface area contributed by atoms with Crippen LogP contribution in [0.15, 0.2) is 30.9 Å². The molecule has 8 heteroatoms. The molecule has 1 fully saturated rings. The van der Waals surface area contributed by atoms with E-state index in [1.54, 1.807) is 24.8 Å². The third-order valence-corrected chi connectivity index (χ3v) is 5.28. The molecule has 2 heterocycles. The molecule has 1 saturated carbocycles. The SMILES string of the molecule is Cn1cnnc1[C@H]1C[C@H](CNC(=O)c2ccc3c(c2)ncn3C)[C@H](O)C1. The summed E-state index contributed by atoms with van der Waals surface area (Å²) in [4.78, 5) is 16.8. The smallest absolute Gasteiger partial charge is 0.251 e. The maximum Gasteiger partial charge on any atom is 0.251 e. The van der Waals surface area contributed by atoms with Crippen molar-refractivity contribution in [1.29, 1.82) is 0 Å². The van der Waals surface area contributed by atoms with E-state index in [0.717, 1.165) is 23.3 Å². The summed E-state index contributed by atoms with van der Waals surface area (Å²) in [6, 6.07) is 5.48. The van der Waals surface area contributed by atoms with Gasteiger partial charge < -0.3 is 19.6 Å². The fourth-order valence-electron chi connectivity index (χ4n) is 3.80. The second-order valence-corrected chi connectivity index (χ2v) is 7.06. The number of rotatable bonds is 4. The maximum absolute atomic E-state index is 12.5. The third kappa shape index (κ3) is 2.96. The van der Waals surface area contributed by atoms with Crippen molar-refractivity contribution in [2.24, 2.45) is 20.0 Å². The molecule has 1 amide bonds. The van der Waals surface area contributed by atoms with Crippen LogP contribution in [0, 0.1) is 5.92 Å². The normalized spacial score (nSPS) is 22.8. The largest absolute Gasteiger partial charge is 0.393 e. The zero-order chi connectivity index (χ0) is 18.3. The predicted molar refractivity (Wildman–Crippen MR) is 95.5 cm³/mol. The van der Waals surface area contributed by atoms with E-state index in [0.29, 0.717) is 18.5 Å². The van der Waals surface area contributed by atoms with Crippen LogP contribution in [0.25, 0.3) is 11.0 Å². The van der Waals surface area contributed by atoms with Gasteiger partial charge in [-0.15, -0.1) is 10.2 Å². The first-order valence-corrected chi connectivity index (χ1v) is 8.74. The molecule has 1 aliphatic carbocycles. The average molecular weight is 354 g/mol. The Kier molecular flexibility index (Phi) is 4.20. The highest BCUT2D eigenvalue weighted by Gasteiger charge is 2.36. The number of aromatic nitrogens is 5. The molecule has 26 heavy (non-hydrogen) atoms. The lowest BCUT2D eigenvalue weighted by Crippen LogP contribution is -2.32. The number of nitrogens with zero attached hydrogens (tertiary/aromatic N) is 5. The number of aryl methyl sites for hydroxylation is 2. The number of aliphatic hydroxyl groups is 1. The second kappa shape index (κ2) is 6.53. The number of hydrogen-bond acceptors (Lipinski definition) is 5. The molecule has 0 aliphatic heterocycles. The van der Waals surface area contributed by atoms with E-state index in [9.17, 15) is 9.90 Å². The summed E-state index contributed by atoms with van der Waals surface area (Å²) in [5.41, 5.74) is 2.36. The van der Waals surface area contributed by atoms with Gasteiger partial charge in [-0.05, 0) is 31.0 Å². The van der Waals surface area contributed by atoms with E-state index < -0.39 is 6.10 Å². The third-order valence-electron chi connectivity index (χ3n) is 5.28. The molecule has 0 spiro atoms. The van der Waals surface area contributed by atoms with Crippen molar-refractivity contribution in [1.82, 2.24) is 29.6 Å². The Labute approximate surface area is 150 Å². The number of fused-ring (bicyclic) bond motifs is 1. The molecule has 3 aromatic rings. The van der Waals surface area contributed by atoms with Crippen LogP contribution >= 0.6 is 0 Å². The summed E-state index contributed by atoms with van der Waals surface area (Å²) in [5.74, 6) is 0.925. The minimum Gasteiger partial charge on any atom is -0.393 e. The quantitative estimate of drug-likeness (QED) is 0.728. The van der Waals surface area contributed by atoms with Crippen molar-refractivity contribution in [2.75, 3.05) is 6.54 Å². The lowest BCUT2D eigenvalue weighted by molar-refractivity contribution is 0.0917. The lowest BCUT2D eigenvalue weighted by atomic mass is 10.0. The minimum absolute atomic E-state index is 0.0132. The topological polar surface area (TPSA) is 97.9 Å². The standard InChI is InChI=1S/C18H22N6O2/c1-23-9-20-14-6-11(3-4-15(14)23)18(26)19-8-13-5-12(7-16(13)25)17-22-21-10-24(17)2/h3-4,6,9-10,12-13,16,25H,5,7-8H2,1-2H3,(H,19,26)/t12-,13+,16+/m0/s1. The van der Waals surface area contributed by atoms with Gasteiger partial charge in [-0.3, -0.25) is 4.79 Å². The molecule has 3 atom stereocenters. The highest BCUT2D eigenvalue weighted by atomic mass is 16.3. The highest BCUT2D eigenvalue weighted by Crippen LogP contribution is 2.37. The zero-order valence-corrected chi connectivity index (χ0v) is 14.8. The van der Waals surface area contributed by atoms with Crippen molar-refractivity contribution >= 4 is 16.9 Å². The van der Waals surface area contributed by atoms with Gasteiger partial charge in [0, 0.05) is 38.0 Å². The summed E-state index contributed by atoms with van der Waals surface area (Å²) in [5, 5.41) is 21.4. The summed E-state index contributed by atoms with van der Waals surface area (Å²) in [6.45, 7) is 0.439. The molecule has 1 aliphatic rings. The number of carbonyl (C=O) groups is 1. The highest BCUT2D eigenvalue weighted by molar-refractivity contribution is 5.97. The summed E-state index contributed by atoms with van der Waals surface area (Å²) in [6.07, 6.45) is 4.38. The molecule has 4 rings (SSSR count). The Morgan fingerprint density at radius 1 is 1.27 bits per heavy atom.